The number of hydrogen-bond donors (Lipinski definition) is 1. The van der Waals surface area contributed by atoms with E-state index in [1.165, 1.54) is 0 Å². The lowest BCUT2D eigenvalue weighted by Gasteiger charge is -2.31. The third kappa shape index (κ3) is 4.67. The molecular weight excluding hydrogens is 352 g/mol. The minimum Gasteiger partial charge on any atom is -0.339 e. The maximum Gasteiger partial charge on any atom is 0.253 e. The molecule has 1 N–H and O–H groups in total. The van der Waals surface area contributed by atoms with Gasteiger partial charge in [0.2, 0.25) is 5.91 Å². The van der Waals surface area contributed by atoms with E-state index in [0.29, 0.717) is 36.5 Å². The van der Waals surface area contributed by atoms with Gasteiger partial charge in [0, 0.05) is 42.0 Å². The van der Waals surface area contributed by atoms with E-state index < -0.39 is 0 Å². The van der Waals surface area contributed by atoms with Crippen molar-refractivity contribution in [3.05, 3.63) is 64.9 Å². The number of carbonyl (C=O) groups is 2. The van der Waals surface area contributed by atoms with Crippen molar-refractivity contribution in [2.45, 2.75) is 12.8 Å². The maximum atomic E-state index is 12.5. The van der Waals surface area contributed by atoms with Crippen LogP contribution in [0.15, 0.2) is 53.9 Å². The predicted octanol–water partition coefficient (Wildman–Crippen LogP) is 2.74. The quantitative estimate of drug-likeness (QED) is 0.664. The molecule has 1 aromatic heterocycles. The van der Waals surface area contributed by atoms with Crippen LogP contribution in [0.4, 0.5) is 0 Å². The number of nitrogens with one attached hydrogen (secondary N) is 1. The number of carbonyl (C=O) groups excluding carboxylic acids is 2. The van der Waals surface area contributed by atoms with Crippen LogP contribution < -0.4 is 5.43 Å². The van der Waals surface area contributed by atoms with Crippen LogP contribution in [0, 0.1) is 5.92 Å². The third-order valence-electron chi connectivity index (χ3n) is 4.34. The number of piperidine rings is 1. The summed E-state index contributed by atoms with van der Waals surface area (Å²) in [6, 6.07) is 10.5. The van der Waals surface area contributed by atoms with Gasteiger partial charge in [-0.2, -0.15) is 5.10 Å². The summed E-state index contributed by atoms with van der Waals surface area (Å²) in [7, 11) is 0. The highest BCUT2D eigenvalue weighted by atomic mass is 35.5. The average Bonchev–Trinajstić information content (AvgIpc) is 2.69. The second-order valence-electron chi connectivity index (χ2n) is 6.09. The van der Waals surface area contributed by atoms with Crippen LogP contribution in [-0.4, -0.2) is 41.0 Å². The smallest absolute Gasteiger partial charge is 0.253 e. The van der Waals surface area contributed by atoms with Crippen molar-refractivity contribution < 1.29 is 9.59 Å². The Balaban J connectivity index is 1.48. The predicted molar refractivity (Wildman–Crippen MR) is 100 cm³/mol. The largest absolute Gasteiger partial charge is 0.339 e. The molecule has 3 rings (SSSR count). The number of aromatic nitrogens is 1. The van der Waals surface area contributed by atoms with Crippen LogP contribution in [-0.2, 0) is 4.79 Å². The topological polar surface area (TPSA) is 74.7 Å². The van der Waals surface area contributed by atoms with E-state index >= 15 is 0 Å². The number of halogens is 1. The highest BCUT2D eigenvalue weighted by Crippen LogP contribution is 2.20. The van der Waals surface area contributed by atoms with Crippen LogP contribution in [0.5, 0.6) is 0 Å². The molecule has 0 radical (unpaired) electrons. The molecule has 0 bridgehead atoms. The lowest BCUT2D eigenvalue weighted by molar-refractivity contribution is -0.126. The molecule has 0 atom stereocenters. The number of amides is 2. The van der Waals surface area contributed by atoms with Crippen molar-refractivity contribution in [1.82, 2.24) is 15.3 Å². The zero-order chi connectivity index (χ0) is 18.4. The van der Waals surface area contributed by atoms with Crippen molar-refractivity contribution in [3.63, 3.8) is 0 Å². The normalized spacial score (nSPS) is 15.2. The number of hydrazone groups is 1. The van der Waals surface area contributed by atoms with E-state index in [0.717, 1.165) is 5.56 Å². The summed E-state index contributed by atoms with van der Waals surface area (Å²) < 4.78 is 0. The molecule has 26 heavy (non-hydrogen) atoms. The molecule has 1 aliphatic heterocycles. The second kappa shape index (κ2) is 8.58. The van der Waals surface area contributed by atoms with Crippen molar-refractivity contribution in [3.8, 4) is 0 Å². The molecule has 1 saturated heterocycles. The Morgan fingerprint density at radius 2 is 1.77 bits per heavy atom. The van der Waals surface area contributed by atoms with Crippen molar-refractivity contribution in [2.24, 2.45) is 11.0 Å². The number of pyridine rings is 1. The zero-order valence-electron chi connectivity index (χ0n) is 14.1. The Kier molecular flexibility index (Phi) is 5.96. The molecule has 0 spiro atoms. The highest BCUT2D eigenvalue weighted by Gasteiger charge is 2.27. The molecule has 0 aliphatic carbocycles. The third-order valence-corrected chi connectivity index (χ3v) is 4.59. The molecule has 1 aromatic carbocycles. The first-order chi connectivity index (χ1) is 12.6. The van der Waals surface area contributed by atoms with Gasteiger partial charge < -0.3 is 4.90 Å². The molecule has 6 nitrogen and oxygen atoms in total. The van der Waals surface area contributed by atoms with E-state index in [4.69, 9.17) is 11.6 Å². The van der Waals surface area contributed by atoms with Gasteiger partial charge in [-0.1, -0.05) is 11.6 Å². The van der Waals surface area contributed by atoms with Crippen LogP contribution in [0.3, 0.4) is 0 Å². The molecule has 2 amide bonds. The van der Waals surface area contributed by atoms with Gasteiger partial charge >= 0.3 is 0 Å². The van der Waals surface area contributed by atoms with E-state index in [9.17, 15) is 9.59 Å². The lowest BCUT2D eigenvalue weighted by Crippen LogP contribution is -2.42. The van der Waals surface area contributed by atoms with Gasteiger partial charge in [0.1, 0.15) is 0 Å². The summed E-state index contributed by atoms with van der Waals surface area (Å²) in [5, 5.41) is 4.58. The molecule has 2 aromatic rings. The van der Waals surface area contributed by atoms with Crippen LogP contribution in [0.2, 0.25) is 5.02 Å². The van der Waals surface area contributed by atoms with Crippen molar-refractivity contribution in [2.75, 3.05) is 13.1 Å². The molecule has 1 aliphatic rings. The first-order valence-electron chi connectivity index (χ1n) is 8.41. The fourth-order valence-corrected chi connectivity index (χ4v) is 2.96. The zero-order valence-corrected chi connectivity index (χ0v) is 14.9. The Labute approximate surface area is 156 Å². The van der Waals surface area contributed by atoms with Gasteiger partial charge in [-0.15, -0.1) is 0 Å². The molecule has 2 heterocycles. The number of nitrogens with zero attached hydrogens (tertiary/aromatic N) is 3. The number of rotatable bonds is 4. The average molecular weight is 371 g/mol. The number of hydrogen-bond acceptors (Lipinski definition) is 4. The summed E-state index contributed by atoms with van der Waals surface area (Å²) >= 11 is 5.85. The molecule has 134 valence electrons. The van der Waals surface area contributed by atoms with Crippen LogP contribution in [0.1, 0.15) is 28.8 Å². The fourth-order valence-electron chi connectivity index (χ4n) is 2.83. The second-order valence-corrected chi connectivity index (χ2v) is 6.52. The Bertz CT molecular complexity index is 785. The summed E-state index contributed by atoms with van der Waals surface area (Å²) in [6.07, 6.45) is 6.15. The summed E-state index contributed by atoms with van der Waals surface area (Å²) in [5.74, 6) is -0.288. The van der Waals surface area contributed by atoms with E-state index in [-0.39, 0.29) is 17.7 Å². The first kappa shape index (κ1) is 18.1. The summed E-state index contributed by atoms with van der Waals surface area (Å²) in [6.45, 7) is 1.10. The van der Waals surface area contributed by atoms with Crippen molar-refractivity contribution >= 4 is 29.6 Å². The van der Waals surface area contributed by atoms with Gasteiger partial charge in [-0.3, -0.25) is 14.6 Å². The van der Waals surface area contributed by atoms with Crippen LogP contribution in [0.25, 0.3) is 0 Å². The standard InChI is InChI=1S/C19H19ClN4O2/c20-17-3-1-16(2-4-17)19(26)24-11-7-15(8-12-24)18(25)23-22-13-14-5-9-21-10-6-14/h1-6,9-10,13,15H,7-8,11-12H2,(H,23,25)/b22-13-. The Morgan fingerprint density at radius 1 is 1.12 bits per heavy atom. The van der Waals surface area contributed by atoms with Gasteiger partial charge in [-0.25, -0.2) is 5.43 Å². The molecular formula is C19H19ClN4O2. The van der Waals surface area contributed by atoms with Crippen LogP contribution >= 0.6 is 11.6 Å². The SMILES string of the molecule is O=C(N/N=C\c1ccncc1)C1CCN(C(=O)c2ccc(Cl)cc2)CC1. The minimum absolute atomic E-state index is 0.0313. The highest BCUT2D eigenvalue weighted by molar-refractivity contribution is 6.30. The minimum atomic E-state index is -0.140. The van der Waals surface area contributed by atoms with Crippen molar-refractivity contribution in [1.29, 1.82) is 0 Å². The first-order valence-corrected chi connectivity index (χ1v) is 8.79. The summed E-state index contributed by atoms with van der Waals surface area (Å²) in [4.78, 5) is 30.4. The molecule has 0 unspecified atom stereocenters. The van der Waals surface area contributed by atoms with Gasteiger partial charge in [-0.05, 0) is 54.8 Å². The Hall–Kier alpha value is -2.73. The molecule has 7 heteroatoms. The maximum absolute atomic E-state index is 12.5. The number of likely N-dealkylation sites (tertiary alicyclic amines) is 1. The van der Waals surface area contributed by atoms with Gasteiger partial charge in [0.25, 0.3) is 5.91 Å². The van der Waals surface area contributed by atoms with Gasteiger partial charge in [0.15, 0.2) is 0 Å². The monoisotopic (exact) mass is 370 g/mol. The van der Waals surface area contributed by atoms with E-state index in [1.54, 1.807) is 59.9 Å². The van der Waals surface area contributed by atoms with Gasteiger partial charge in [0.05, 0.1) is 6.21 Å². The Morgan fingerprint density at radius 3 is 2.42 bits per heavy atom. The molecule has 0 saturated carbocycles. The lowest BCUT2D eigenvalue weighted by atomic mass is 9.95. The molecule has 1 fully saturated rings. The summed E-state index contributed by atoms with van der Waals surface area (Å²) in [5.41, 5.74) is 4.05. The van der Waals surface area contributed by atoms with E-state index in [2.05, 4.69) is 15.5 Å². The van der Waals surface area contributed by atoms with E-state index in [1.807, 2.05) is 0 Å². The number of benzene rings is 1. The fraction of sp³-hybridized carbons (Fsp3) is 0.263.